The summed E-state index contributed by atoms with van der Waals surface area (Å²) in [4.78, 5) is 4.55. The molecular formula is C14H13N. The maximum atomic E-state index is 5.51. The van der Waals surface area contributed by atoms with Crippen molar-refractivity contribution in [3.63, 3.8) is 0 Å². The van der Waals surface area contributed by atoms with Crippen LogP contribution in [-0.4, -0.2) is 4.98 Å². The Morgan fingerprint density at radius 2 is 1.73 bits per heavy atom. The normalized spacial score (nSPS) is 10.2. The Kier molecular flexibility index (Phi) is 3.13. The monoisotopic (exact) mass is 195 g/mol. The Labute approximate surface area is 90.8 Å². The van der Waals surface area contributed by atoms with Crippen molar-refractivity contribution in [3.05, 3.63) is 61.1 Å². The highest BCUT2D eigenvalue weighted by Gasteiger charge is 1.99. The second kappa shape index (κ2) is 4.74. The first-order chi connectivity index (χ1) is 7.40. The fraction of sp³-hybridized carbons (Fsp3) is 0.143. The molecule has 0 saturated carbocycles. The van der Waals surface area contributed by atoms with Crippen molar-refractivity contribution in [1.82, 2.24) is 4.98 Å². The highest BCUT2D eigenvalue weighted by atomic mass is 14.7. The Hall–Kier alpha value is -1.63. The van der Waals surface area contributed by atoms with Gasteiger partial charge in [-0.15, -0.1) is 0 Å². The second-order valence-electron chi connectivity index (χ2n) is 3.42. The lowest BCUT2D eigenvalue weighted by molar-refractivity contribution is 0.944. The van der Waals surface area contributed by atoms with Gasteiger partial charge in [0.05, 0.1) is 5.69 Å². The molecule has 0 unspecified atom stereocenters. The first kappa shape index (κ1) is 9.91. The lowest BCUT2D eigenvalue weighted by Crippen LogP contribution is -1.91. The quantitative estimate of drug-likeness (QED) is 0.731. The van der Waals surface area contributed by atoms with E-state index >= 15 is 0 Å². The fourth-order valence-corrected chi connectivity index (χ4v) is 1.54. The lowest BCUT2D eigenvalue weighted by atomic mass is 10.1. The molecule has 0 aliphatic heterocycles. The van der Waals surface area contributed by atoms with Crippen LogP contribution in [0.4, 0.5) is 0 Å². The Morgan fingerprint density at radius 1 is 0.933 bits per heavy atom. The smallest absolute Gasteiger partial charge is 0.0705 e. The van der Waals surface area contributed by atoms with Crippen LogP contribution in [0.5, 0.6) is 0 Å². The number of nitrogens with zero attached hydrogens (tertiary/aromatic N) is 1. The van der Waals surface area contributed by atoms with Gasteiger partial charge in [0.2, 0.25) is 0 Å². The van der Waals surface area contributed by atoms with Crippen LogP contribution in [0.2, 0.25) is 0 Å². The molecule has 1 heteroatoms. The summed E-state index contributed by atoms with van der Waals surface area (Å²) in [5.41, 5.74) is 3.22. The van der Waals surface area contributed by atoms with E-state index in [1.165, 1.54) is 0 Å². The topological polar surface area (TPSA) is 12.9 Å². The summed E-state index contributed by atoms with van der Waals surface area (Å²) in [6.45, 7) is 5.51. The molecule has 0 aliphatic carbocycles. The molecule has 0 amide bonds. The predicted octanol–water partition coefficient (Wildman–Crippen LogP) is 3.39. The minimum atomic E-state index is 0.644. The molecule has 1 aromatic carbocycles. The molecule has 0 aliphatic rings. The molecule has 0 N–H and O–H groups in total. The third-order valence-electron chi connectivity index (χ3n) is 2.28. The Morgan fingerprint density at radius 3 is 2.47 bits per heavy atom. The van der Waals surface area contributed by atoms with E-state index < -0.39 is 0 Å². The van der Waals surface area contributed by atoms with Crippen LogP contribution in [0.1, 0.15) is 12.1 Å². The molecule has 1 heterocycles. The van der Waals surface area contributed by atoms with E-state index in [9.17, 15) is 0 Å². The summed E-state index contributed by atoms with van der Waals surface area (Å²) in [6, 6.07) is 16.2. The zero-order valence-electron chi connectivity index (χ0n) is 8.56. The minimum absolute atomic E-state index is 0.644. The van der Waals surface area contributed by atoms with Gasteiger partial charge in [-0.1, -0.05) is 36.4 Å². The van der Waals surface area contributed by atoms with Crippen LogP contribution in [-0.2, 0) is 6.42 Å². The van der Waals surface area contributed by atoms with Gasteiger partial charge in [0.25, 0.3) is 0 Å². The van der Waals surface area contributed by atoms with Crippen LogP contribution >= 0.6 is 0 Å². The zero-order valence-corrected chi connectivity index (χ0v) is 8.56. The van der Waals surface area contributed by atoms with E-state index in [1.807, 2.05) is 36.4 Å². The average Bonchev–Trinajstić information content (AvgIpc) is 2.31. The van der Waals surface area contributed by atoms with E-state index in [0.717, 1.165) is 23.4 Å². The summed E-state index contributed by atoms with van der Waals surface area (Å²) in [5, 5.41) is 0. The van der Waals surface area contributed by atoms with Crippen molar-refractivity contribution < 1.29 is 0 Å². The van der Waals surface area contributed by atoms with Crippen molar-refractivity contribution in [3.8, 4) is 11.3 Å². The van der Waals surface area contributed by atoms with Crippen molar-refractivity contribution >= 4 is 0 Å². The van der Waals surface area contributed by atoms with Gasteiger partial charge in [0, 0.05) is 11.3 Å². The van der Waals surface area contributed by atoms with Crippen LogP contribution in [0.3, 0.4) is 0 Å². The minimum Gasteiger partial charge on any atom is -0.253 e. The number of pyridine rings is 1. The third-order valence-corrected chi connectivity index (χ3v) is 2.28. The van der Waals surface area contributed by atoms with Gasteiger partial charge >= 0.3 is 0 Å². The standard InChI is InChI=1S/C14H13N/c1-2-7-13-10-6-11-14(15-13)12-8-4-3-5-9-12/h1,3-6,8-11H,2,7H2. The molecule has 0 atom stereocenters. The third kappa shape index (κ3) is 2.44. The molecule has 2 aromatic rings. The lowest BCUT2D eigenvalue weighted by Gasteiger charge is -2.03. The summed E-state index contributed by atoms with van der Waals surface area (Å²) in [6.07, 6.45) is 1.48. The van der Waals surface area contributed by atoms with Gasteiger partial charge in [-0.3, -0.25) is 4.98 Å². The number of aryl methyl sites for hydroxylation is 1. The highest BCUT2D eigenvalue weighted by molar-refractivity contribution is 5.58. The largest absolute Gasteiger partial charge is 0.253 e. The SMILES string of the molecule is [CH]CCc1cccc(-c2ccccc2)n1. The first-order valence-electron chi connectivity index (χ1n) is 5.11. The van der Waals surface area contributed by atoms with E-state index in [4.69, 9.17) is 6.92 Å². The Balaban J connectivity index is 2.33. The molecule has 0 spiro atoms. The maximum absolute atomic E-state index is 5.51. The number of hydrogen-bond donors (Lipinski definition) is 0. The summed E-state index contributed by atoms with van der Waals surface area (Å²) in [5.74, 6) is 0. The van der Waals surface area contributed by atoms with Crippen LogP contribution in [0.15, 0.2) is 48.5 Å². The molecule has 15 heavy (non-hydrogen) atoms. The van der Waals surface area contributed by atoms with Gasteiger partial charge in [0.1, 0.15) is 0 Å². The average molecular weight is 195 g/mol. The van der Waals surface area contributed by atoms with Crippen molar-refractivity contribution in [1.29, 1.82) is 0 Å². The van der Waals surface area contributed by atoms with Gasteiger partial charge in [-0.2, -0.15) is 0 Å². The molecule has 1 nitrogen and oxygen atoms in total. The summed E-state index contributed by atoms with van der Waals surface area (Å²) >= 11 is 0. The molecular weight excluding hydrogens is 182 g/mol. The van der Waals surface area contributed by atoms with Gasteiger partial charge < -0.3 is 0 Å². The molecule has 1 aromatic heterocycles. The molecule has 0 saturated heterocycles. The molecule has 2 radical (unpaired) electrons. The van der Waals surface area contributed by atoms with Crippen LogP contribution in [0.25, 0.3) is 11.3 Å². The van der Waals surface area contributed by atoms with E-state index in [0.29, 0.717) is 6.42 Å². The number of benzene rings is 1. The number of aromatic nitrogens is 1. The molecule has 74 valence electrons. The van der Waals surface area contributed by atoms with E-state index in [1.54, 1.807) is 0 Å². The number of hydrogen-bond acceptors (Lipinski definition) is 1. The second-order valence-corrected chi connectivity index (χ2v) is 3.42. The van der Waals surface area contributed by atoms with Gasteiger partial charge in [-0.05, 0) is 31.9 Å². The highest BCUT2D eigenvalue weighted by Crippen LogP contribution is 2.16. The molecule has 2 rings (SSSR count). The van der Waals surface area contributed by atoms with Gasteiger partial charge in [-0.25, -0.2) is 0 Å². The maximum Gasteiger partial charge on any atom is 0.0705 e. The van der Waals surface area contributed by atoms with Crippen molar-refractivity contribution in [2.24, 2.45) is 0 Å². The molecule has 0 bridgehead atoms. The molecule has 0 fully saturated rings. The summed E-state index contributed by atoms with van der Waals surface area (Å²) in [7, 11) is 0. The van der Waals surface area contributed by atoms with Crippen LogP contribution < -0.4 is 0 Å². The number of rotatable bonds is 3. The first-order valence-corrected chi connectivity index (χ1v) is 5.11. The van der Waals surface area contributed by atoms with Gasteiger partial charge in [0.15, 0.2) is 0 Å². The van der Waals surface area contributed by atoms with E-state index in [2.05, 4.69) is 17.1 Å². The van der Waals surface area contributed by atoms with Crippen molar-refractivity contribution in [2.45, 2.75) is 12.8 Å². The fourth-order valence-electron chi connectivity index (χ4n) is 1.54. The Bertz CT molecular complexity index is 420. The van der Waals surface area contributed by atoms with Crippen molar-refractivity contribution in [2.75, 3.05) is 0 Å². The van der Waals surface area contributed by atoms with Crippen LogP contribution in [0, 0.1) is 6.92 Å². The van der Waals surface area contributed by atoms with E-state index in [-0.39, 0.29) is 0 Å². The summed E-state index contributed by atoms with van der Waals surface area (Å²) < 4.78 is 0. The predicted molar refractivity (Wildman–Crippen MR) is 62.3 cm³/mol. The zero-order chi connectivity index (χ0) is 10.5.